The lowest BCUT2D eigenvalue weighted by atomic mass is 10.0. The molecule has 1 aromatic heterocycles. The predicted octanol–water partition coefficient (Wildman–Crippen LogP) is 3.36. The minimum Gasteiger partial charge on any atom is -0.351 e. The molecule has 2 nitrogen and oxygen atoms in total. The van der Waals surface area contributed by atoms with E-state index in [0.717, 1.165) is 19.4 Å². The van der Waals surface area contributed by atoms with Crippen LogP contribution in [-0.4, -0.2) is 17.6 Å². The summed E-state index contributed by atoms with van der Waals surface area (Å²) in [6.45, 7) is 3.04. The average Bonchev–Trinajstić information content (AvgIpc) is 2.20. The van der Waals surface area contributed by atoms with E-state index in [1.165, 1.54) is 12.5 Å². The maximum Gasteiger partial charge on any atom is 0.166 e. The number of rotatable bonds is 1. The van der Waals surface area contributed by atoms with Crippen LogP contribution in [-0.2, 0) is 0 Å². The molecular weight excluding hydrogens is 259 g/mol. The molecule has 0 aliphatic carbocycles. The van der Waals surface area contributed by atoms with Gasteiger partial charge < -0.3 is 4.90 Å². The molecule has 0 N–H and O–H groups in total. The third-order valence-electron chi connectivity index (χ3n) is 2.86. The van der Waals surface area contributed by atoms with Gasteiger partial charge in [-0.2, -0.15) is 0 Å². The van der Waals surface area contributed by atoms with Crippen molar-refractivity contribution in [2.75, 3.05) is 11.4 Å². The highest BCUT2D eigenvalue weighted by atomic mass is 79.9. The van der Waals surface area contributed by atoms with E-state index in [2.05, 4.69) is 32.7 Å². The number of aromatic nitrogens is 1. The molecule has 0 radical (unpaired) electrons. The van der Waals surface area contributed by atoms with E-state index in [-0.39, 0.29) is 5.82 Å². The van der Waals surface area contributed by atoms with Gasteiger partial charge in [-0.15, -0.1) is 0 Å². The minimum atomic E-state index is -0.238. The highest BCUT2D eigenvalue weighted by Gasteiger charge is 2.22. The van der Waals surface area contributed by atoms with Gasteiger partial charge in [-0.1, -0.05) is 0 Å². The monoisotopic (exact) mass is 272 g/mol. The summed E-state index contributed by atoms with van der Waals surface area (Å²) < 4.78 is 14.4. The van der Waals surface area contributed by atoms with Crippen LogP contribution in [0.2, 0.25) is 0 Å². The van der Waals surface area contributed by atoms with Crippen molar-refractivity contribution in [1.82, 2.24) is 4.98 Å². The number of nitrogens with zero attached hydrogens (tertiary/aromatic N) is 2. The predicted molar refractivity (Wildman–Crippen MR) is 62.6 cm³/mol. The summed E-state index contributed by atoms with van der Waals surface area (Å²) in [6.07, 6.45) is 5.13. The van der Waals surface area contributed by atoms with Gasteiger partial charge in [-0.3, -0.25) is 0 Å². The molecule has 0 bridgehead atoms. The van der Waals surface area contributed by atoms with Crippen LogP contribution in [0.3, 0.4) is 0 Å². The summed E-state index contributed by atoms with van der Waals surface area (Å²) >= 11 is 3.21. The van der Waals surface area contributed by atoms with Crippen molar-refractivity contribution in [2.24, 2.45) is 0 Å². The standard InChI is InChI=1S/C11H14BrFN2/c1-8-4-2-3-5-15(8)11-10(13)6-9(12)7-14-11/h6-8H,2-5H2,1H3. The van der Waals surface area contributed by atoms with Crippen molar-refractivity contribution in [3.63, 3.8) is 0 Å². The van der Waals surface area contributed by atoms with Crippen LogP contribution in [0.15, 0.2) is 16.7 Å². The lowest BCUT2D eigenvalue weighted by Gasteiger charge is -2.34. The third kappa shape index (κ3) is 2.30. The topological polar surface area (TPSA) is 16.1 Å². The Labute approximate surface area is 97.6 Å². The highest BCUT2D eigenvalue weighted by Crippen LogP contribution is 2.26. The molecule has 4 heteroatoms. The van der Waals surface area contributed by atoms with Crippen LogP contribution in [0.5, 0.6) is 0 Å². The second-order valence-electron chi connectivity index (χ2n) is 4.00. The lowest BCUT2D eigenvalue weighted by molar-refractivity contribution is 0.470. The van der Waals surface area contributed by atoms with Gasteiger partial charge in [0.15, 0.2) is 11.6 Å². The highest BCUT2D eigenvalue weighted by molar-refractivity contribution is 9.10. The molecular formula is C11H14BrFN2. The summed E-state index contributed by atoms with van der Waals surface area (Å²) in [5.74, 6) is 0.253. The van der Waals surface area contributed by atoms with Crippen LogP contribution in [0.1, 0.15) is 26.2 Å². The Morgan fingerprint density at radius 3 is 3.00 bits per heavy atom. The first-order chi connectivity index (χ1) is 7.18. The third-order valence-corrected chi connectivity index (χ3v) is 3.30. The normalized spacial score (nSPS) is 21.8. The van der Waals surface area contributed by atoms with E-state index in [1.54, 1.807) is 6.20 Å². The van der Waals surface area contributed by atoms with Crippen molar-refractivity contribution in [2.45, 2.75) is 32.2 Å². The minimum absolute atomic E-state index is 0.238. The molecule has 0 aromatic carbocycles. The van der Waals surface area contributed by atoms with Gasteiger partial charge in [0, 0.05) is 23.3 Å². The van der Waals surface area contributed by atoms with Gasteiger partial charge in [0.25, 0.3) is 0 Å². The van der Waals surface area contributed by atoms with Crippen molar-refractivity contribution >= 4 is 21.7 Å². The molecule has 1 unspecified atom stereocenters. The Hall–Kier alpha value is -0.640. The average molecular weight is 273 g/mol. The Balaban J connectivity index is 2.27. The van der Waals surface area contributed by atoms with E-state index in [0.29, 0.717) is 16.3 Å². The Morgan fingerprint density at radius 1 is 1.53 bits per heavy atom. The van der Waals surface area contributed by atoms with Crippen molar-refractivity contribution < 1.29 is 4.39 Å². The molecule has 1 fully saturated rings. The second-order valence-corrected chi connectivity index (χ2v) is 4.91. The molecule has 1 aliphatic heterocycles. The fraction of sp³-hybridized carbons (Fsp3) is 0.545. The van der Waals surface area contributed by atoms with Crippen LogP contribution >= 0.6 is 15.9 Å². The number of anilines is 1. The number of hydrogen-bond donors (Lipinski definition) is 0. The molecule has 15 heavy (non-hydrogen) atoms. The van der Waals surface area contributed by atoms with E-state index < -0.39 is 0 Å². The maximum atomic E-state index is 13.7. The van der Waals surface area contributed by atoms with E-state index in [1.807, 2.05) is 0 Å². The molecule has 0 spiro atoms. The number of hydrogen-bond acceptors (Lipinski definition) is 2. The van der Waals surface area contributed by atoms with E-state index in [4.69, 9.17) is 0 Å². The van der Waals surface area contributed by atoms with Gasteiger partial charge in [0.2, 0.25) is 0 Å². The second kappa shape index (κ2) is 4.47. The SMILES string of the molecule is CC1CCCCN1c1ncc(Br)cc1F. The first-order valence-corrected chi connectivity index (χ1v) is 6.05. The molecule has 82 valence electrons. The Bertz CT molecular complexity index is 356. The summed E-state index contributed by atoms with van der Waals surface area (Å²) in [7, 11) is 0. The summed E-state index contributed by atoms with van der Waals surface area (Å²) in [6, 6.07) is 1.87. The Kier molecular flexibility index (Phi) is 3.24. The van der Waals surface area contributed by atoms with Crippen molar-refractivity contribution in [3.8, 4) is 0 Å². The first kappa shape index (κ1) is 10.9. The van der Waals surface area contributed by atoms with Gasteiger partial charge in [-0.05, 0) is 48.2 Å². The molecule has 1 atom stereocenters. The number of halogens is 2. The summed E-state index contributed by atoms with van der Waals surface area (Å²) in [5, 5.41) is 0. The van der Waals surface area contributed by atoms with Gasteiger partial charge in [-0.25, -0.2) is 9.37 Å². The Morgan fingerprint density at radius 2 is 2.33 bits per heavy atom. The molecule has 0 amide bonds. The molecule has 2 heterocycles. The van der Waals surface area contributed by atoms with Crippen molar-refractivity contribution in [1.29, 1.82) is 0 Å². The maximum absolute atomic E-state index is 13.7. The zero-order valence-electron chi connectivity index (χ0n) is 8.71. The lowest BCUT2D eigenvalue weighted by Crippen LogP contribution is -2.38. The largest absolute Gasteiger partial charge is 0.351 e. The number of piperidine rings is 1. The molecule has 2 rings (SSSR count). The van der Waals surface area contributed by atoms with Crippen LogP contribution < -0.4 is 4.90 Å². The molecule has 0 saturated carbocycles. The van der Waals surface area contributed by atoms with Crippen LogP contribution in [0.4, 0.5) is 10.2 Å². The molecule has 1 aromatic rings. The molecule has 1 aliphatic rings. The fourth-order valence-corrected chi connectivity index (χ4v) is 2.33. The van der Waals surface area contributed by atoms with Gasteiger partial charge >= 0.3 is 0 Å². The number of pyridine rings is 1. The van der Waals surface area contributed by atoms with Gasteiger partial charge in [0.05, 0.1) is 0 Å². The van der Waals surface area contributed by atoms with Crippen molar-refractivity contribution in [3.05, 3.63) is 22.6 Å². The van der Waals surface area contributed by atoms with E-state index in [9.17, 15) is 4.39 Å². The summed E-state index contributed by atoms with van der Waals surface area (Å²) in [4.78, 5) is 6.22. The van der Waals surface area contributed by atoms with Gasteiger partial charge in [0.1, 0.15) is 0 Å². The van der Waals surface area contributed by atoms with Crippen LogP contribution in [0, 0.1) is 5.82 Å². The fourth-order valence-electron chi connectivity index (χ4n) is 2.03. The van der Waals surface area contributed by atoms with E-state index >= 15 is 0 Å². The quantitative estimate of drug-likeness (QED) is 0.780. The zero-order valence-corrected chi connectivity index (χ0v) is 10.3. The molecule has 1 saturated heterocycles. The smallest absolute Gasteiger partial charge is 0.166 e. The first-order valence-electron chi connectivity index (χ1n) is 5.26. The summed E-state index contributed by atoms with van der Waals surface area (Å²) in [5.41, 5.74) is 0. The zero-order chi connectivity index (χ0) is 10.8. The van der Waals surface area contributed by atoms with Crippen LogP contribution in [0.25, 0.3) is 0 Å².